The van der Waals surface area contributed by atoms with Gasteiger partial charge in [0.05, 0.1) is 12.0 Å². The van der Waals surface area contributed by atoms with Crippen molar-refractivity contribution in [2.24, 2.45) is 0 Å². The second kappa shape index (κ2) is 10.2. The summed E-state index contributed by atoms with van der Waals surface area (Å²) in [6, 6.07) is 14.0. The number of nitro groups is 1. The number of carbonyl (C=O) groups excluding carboxylic acids is 1. The Kier molecular flexibility index (Phi) is 6.94. The van der Waals surface area contributed by atoms with Crippen LogP contribution in [0.15, 0.2) is 54.6 Å². The lowest BCUT2D eigenvalue weighted by Gasteiger charge is -2.33. The quantitative estimate of drug-likeness (QED) is 0.299. The van der Waals surface area contributed by atoms with Crippen molar-refractivity contribution >= 4 is 34.3 Å². The summed E-state index contributed by atoms with van der Waals surface area (Å²) in [4.78, 5) is 31.4. The zero-order valence-electron chi connectivity index (χ0n) is 18.1. The Labute approximate surface area is 195 Å². The first-order valence-electron chi connectivity index (χ1n) is 10.4. The van der Waals surface area contributed by atoms with Gasteiger partial charge in [0.25, 0.3) is 5.69 Å². The molecule has 0 aliphatic carbocycles. The maximum Gasteiger partial charge on any atom is 0.269 e. The fraction of sp³-hybridized carbons (Fsp3) is 0.261. The number of rotatable bonds is 7. The molecule has 2 aromatic carbocycles. The van der Waals surface area contributed by atoms with Crippen molar-refractivity contribution in [1.29, 1.82) is 0 Å². The van der Waals surface area contributed by atoms with Gasteiger partial charge in [-0.05, 0) is 41.5 Å². The van der Waals surface area contributed by atoms with Crippen molar-refractivity contribution in [3.8, 4) is 5.75 Å². The molecule has 1 amide bonds. The highest BCUT2D eigenvalue weighted by Crippen LogP contribution is 2.22. The van der Waals surface area contributed by atoms with Crippen LogP contribution in [0.3, 0.4) is 0 Å². The molecule has 0 bridgehead atoms. The average molecular weight is 466 g/mol. The first kappa shape index (κ1) is 22.4. The number of hydrogen-bond donors (Lipinski definition) is 0. The normalized spacial score (nSPS) is 14.0. The number of nitrogens with zero attached hydrogens (tertiary/aromatic N) is 5. The van der Waals surface area contributed by atoms with Crippen LogP contribution >= 0.6 is 11.5 Å². The molecule has 1 aromatic heterocycles. The van der Waals surface area contributed by atoms with Crippen molar-refractivity contribution in [3.63, 3.8) is 0 Å². The zero-order chi connectivity index (χ0) is 23.2. The van der Waals surface area contributed by atoms with Gasteiger partial charge in [-0.1, -0.05) is 12.1 Å². The summed E-state index contributed by atoms with van der Waals surface area (Å²) in [7, 11) is 1.65. The molecule has 4 rings (SSSR count). The summed E-state index contributed by atoms with van der Waals surface area (Å²) in [5, 5.41) is 11.6. The highest BCUT2D eigenvalue weighted by Gasteiger charge is 2.22. The van der Waals surface area contributed by atoms with E-state index < -0.39 is 4.92 Å². The Morgan fingerprint density at radius 2 is 1.94 bits per heavy atom. The van der Waals surface area contributed by atoms with Gasteiger partial charge in [0.1, 0.15) is 11.6 Å². The lowest BCUT2D eigenvalue weighted by Crippen LogP contribution is -2.48. The number of piperazine rings is 1. The van der Waals surface area contributed by atoms with Gasteiger partial charge in [0.15, 0.2) is 0 Å². The van der Waals surface area contributed by atoms with E-state index in [0.717, 1.165) is 27.8 Å². The van der Waals surface area contributed by atoms with E-state index in [1.54, 1.807) is 30.2 Å². The van der Waals surface area contributed by atoms with E-state index in [1.165, 1.54) is 29.7 Å². The molecule has 1 fully saturated rings. The van der Waals surface area contributed by atoms with Crippen LogP contribution < -0.4 is 9.64 Å². The predicted molar refractivity (Wildman–Crippen MR) is 127 cm³/mol. The van der Waals surface area contributed by atoms with Gasteiger partial charge < -0.3 is 14.5 Å². The Bertz CT molecular complexity index is 1150. The van der Waals surface area contributed by atoms with Crippen LogP contribution in [0.2, 0.25) is 0 Å². The highest BCUT2D eigenvalue weighted by atomic mass is 32.1. The SMILES string of the molecule is COc1cccc(Cc2nsc(N3CCN(C(=O)C=Cc4ccc([N+](=O)[O-])cc4)CC3)n2)c1. The number of amides is 1. The van der Waals surface area contributed by atoms with Crippen LogP contribution in [-0.4, -0.2) is 58.4 Å². The molecule has 1 aliphatic heterocycles. The number of nitro benzene ring substituents is 1. The number of ether oxygens (including phenoxy) is 1. The number of carbonyl (C=O) groups is 1. The van der Waals surface area contributed by atoms with Crippen molar-refractivity contribution in [2.75, 3.05) is 38.2 Å². The largest absolute Gasteiger partial charge is 0.497 e. The summed E-state index contributed by atoms with van der Waals surface area (Å²) in [5.41, 5.74) is 1.86. The molecule has 1 aliphatic rings. The molecule has 0 spiro atoms. The summed E-state index contributed by atoms with van der Waals surface area (Å²) in [6.45, 7) is 2.55. The van der Waals surface area contributed by atoms with Gasteiger partial charge in [-0.3, -0.25) is 14.9 Å². The molecule has 9 nitrogen and oxygen atoms in total. The fourth-order valence-electron chi connectivity index (χ4n) is 3.51. The lowest BCUT2D eigenvalue weighted by molar-refractivity contribution is -0.384. The van der Waals surface area contributed by atoms with Crippen LogP contribution in [0.5, 0.6) is 5.75 Å². The maximum absolute atomic E-state index is 12.5. The Morgan fingerprint density at radius 3 is 2.64 bits per heavy atom. The van der Waals surface area contributed by atoms with Gasteiger partial charge in [-0.2, -0.15) is 4.37 Å². The number of aromatic nitrogens is 2. The molecule has 0 radical (unpaired) electrons. The van der Waals surface area contributed by atoms with E-state index >= 15 is 0 Å². The standard InChI is InChI=1S/C23H23N5O4S/c1-32-20-4-2-3-18(15-20)16-21-24-23(33-25-21)27-13-11-26(12-14-27)22(29)10-7-17-5-8-19(9-6-17)28(30)31/h2-10,15H,11-14,16H2,1H3. The fourth-order valence-corrected chi connectivity index (χ4v) is 4.24. The molecule has 0 N–H and O–H groups in total. The lowest BCUT2D eigenvalue weighted by atomic mass is 10.1. The van der Waals surface area contributed by atoms with Crippen molar-refractivity contribution in [3.05, 3.63) is 81.7 Å². The number of anilines is 1. The third-order valence-electron chi connectivity index (χ3n) is 5.34. The summed E-state index contributed by atoms with van der Waals surface area (Å²) >= 11 is 1.37. The molecule has 3 aromatic rings. The first-order chi connectivity index (χ1) is 16.0. The summed E-state index contributed by atoms with van der Waals surface area (Å²) < 4.78 is 9.76. The van der Waals surface area contributed by atoms with Crippen molar-refractivity contribution < 1.29 is 14.5 Å². The van der Waals surface area contributed by atoms with Gasteiger partial charge in [-0.15, -0.1) is 0 Å². The minimum absolute atomic E-state index is 0.0259. The van der Waals surface area contributed by atoms with Crippen LogP contribution in [0.4, 0.5) is 10.8 Å². The van der Waals surface area contributed by atoms with E-state index in [-0.39, 0.29) is 11.6 Å². The molecular formula is C23H23N5O4S. The van der Waals surface area contributed by atoms with Crippen LogP contribution in [-0.2, 0) is 11.2 Å². The molecule has 2 heterocycles. The molecule has 10 heteroatoms. The van der Waals surface area contributed by atoms with E-state index in [4.69, 9.17) is 4.74 Å². The Morgan fingerprint density at radius 1 is 1.18 bits per heavy atom. The number of non-ortho nitro benzene ring substituents is 1. The van der Waals surface area contributed by atoms with Crippen molar-refractivity contribution in [1.82, 2.24) is 14.3 Å². The topological polar surface area (TPSA) is 102 Å². The third kappa shape index (κ3) is 5.72. The van der Waals surface area contributed by atoms with E-state index in [2.05, 4.69) is 14.3 Å². The summed E-state index contributed by atoms with van der Waals surface area (Å²) in [6.07, 6.45) is 3.82. The highest BCUT2D eigenvalue weighted by molar-refractivity contribution is 7.09. The second-order valence-electron chi connectivity index (χ2n) is 7.52. The maximum atomic E-state index is 12.5. The molecule has 33 heavy (non-hydrogen) atoms. The van der Waals surface area contributed by atoms with Crippen LogP contribution in [0.25, 0.3) is 6.08 Å². The Balaban J connectivity index is 1.29. The smallest absolute Gasteiger partial charge is 0.269 e. The van der Waals surface area contributed by atoms with Gasteiger partial charge in [0.2, 0.25) is 11.0 Å². The first-order valence-corrected chi connectivity index (χ1v) is 11.2. The number of benzene rings is 2. The van der Waals surface area contributed by atoms with Crippen LogP contribution in [0.1, 0.15) is 17.0 Å². The molecule has 170 valence electrons. The number of hydrogen-bond acceptors (Lipinski definition) is 8. The van der Waals surface area contributed by atoms with E-state index in [1.807, 2.05) is 24.3 Å². The second-order valence-corrected chi connectivity index (χ2v) is 8.25. The molecule has 0 saturated carbocycles. The van der Waals surface area contributed by atoms with E-state index in [9.17, 15) is 14.9 Å². The Hall–Kier alpha value is -3.79. The average Bonchev–Trinajstić information content (AvgIpc) is 3.31. The van der Waals surface area contributed by atoms with E-state index in [0.29, 0.717) is 32.6 Å². The van der Waals surface area contributed by atoms with Gasteiger partial charge >= 0.3 is 0 Å². The minimum atomic E-state index is -0.447. The minimum Gasteiger partial charge on any atom is -0.497 e. The van der Waals surface area contributed by atoms with Gasteiger partial charge in [-0.25, -0.2) is 4.98 Å². The predicted octanol–water partition coefficient (Wildman–Crippen LogP) is 3.41. The molecule has 0 unspecified atom stereocenters. The van der Waals surface area contributed by atoms with Gasteiger partial charge in [0, 0.05) is 62.3 Å². The van der Waals surface area contributed by atoms with Crippen LogP contribution in [0, 0.1) is 10.1 Å². The molecule has 1 saturated heterocycles. The third-order valence-corrected chi connectivity index (χ3v) is 6.15. The number of methoxy groups -OCH3 is 1. The zero-order valence-corrected chi connectivity index (χ0v) is 18.9. The monoisotopic (exact) mass is 465 g/mol. The van der Waals surface area contributed by atoms with Crippen molar-refractivity contribution in [2.45, 2.75) is 6.42 Å². The molecule has 0 atom stereocenters. The molecular weight excluding hydrogens is 442 g/mol. The summed E-state index contributed by atoms with van der Waals surface area (Å²) in [5.74, 6) is 1.50.